The second kappa shape index (κ2) is 6.42. The van der Waals surface area contributed by atoms with Gasteiger partial charge in [0.2, 0.25) is 11.6 Å². The maximum absolute atomic E-state index is 15.0. The van der Waals surface area contributed by atoms with E-state index in [1.165, 1.54) is 21.7 Å². The van der Waals surface area contributed by atoms with Crippen molar-refractivity contribution in [2.24, 2.45) is 0 Å². The maximum atomic E-state index is 15.0. The Morgan fingerprint density at radius 2 is 1.84 bits per heavy atom. The van der Waals surface area contributed by atoms with E-state index in [1.54, 1.807) is 30.5 Å². The van der Waals surface area contributed by atoms with E-state index in [9.17, 15) is 14.0 Å². The maximum Gasteiger partial charge on any atom is 0.267 e. The molecule has 4 heterocycles. The zero-order valence-electron chi connectivity index (χ0n) is 15.8. The van der Waals surface area contributed by atoms with E-state index < -0.39 is 18.1 Å². The highest BCUT2D eigenvalue weighted by Crippen LogP contribution is 2.45. The molecule has 2 aliphatic rings. The number of hydrogen-bond acceptors (Lipinski definition) is 8. The van der Waals surface area contributed by atoms with E-state index in [0.717, 1.165) is 11.0 Å². The number of nitrogens with zero attached hydrogens (tertiary/aromatic N) is 8. The summed E-state index contributed by atoms with van der Waals surface area (Å²) in [6.45, 7) is 0. The van der Waals surface area contributed by atoms with Crippen molar-refractivity contribution < 1.29 is 17.7 Å². The molecule has 0 radical (unpaired) electrons. The molecule has 0 N–H and O–H groups in total. The number of halogens is 3. The summed E-state index contributed by atoms with van der Waals surface area (Å²) in [6, 6.07) is 9.91. The van der Waals surface area contributed by atoms with Crippen molar-refractivity contribution in [3.8, 4) is 40.7 Å². The highest BCUT2D eigenvalue weighted by molar-refractivity contribution is 5.90. The predicted octanol–water partition coefficient (Wildman–Crippen LogP) is 3.57. The molecule has 2 aromatic heterocycles. The fraction of sp³-hybridized carbons (Fsp3) is 0.0500. The predicted molar refractivity (Wildman–Crippen MR) is 103 cm³/mol. The molecule has 9 nitrogen and oxygen atoms in total. The molecule has 1 atom stereocenters. The van der Waals surface area contributed by atoms with Crippen LogP contribution < -0.4 is 4.90 Å². The molecule has 0 saturated carbocycles. The standard InChI is InChI=1S/C20H9F3N8O/c21-10-5-6-11(13(22)7-10)19-25-16(28-32-19)18-27-26-17-12-3-1-2-4-14(12)30-15(31(17)18)8-29(9-24)20(30)23/h1-8,20H. The SMILES string of the molecule is N#CN1C=C2N(c3ccccc3-c3nnc(-c4noc(-c5ccc(F)cc5F)n4)n32)C1F. The second-order valence-electron chi connectivity index (χ2n) is 6.92. The Morgan fingerprint density at radius 3 is 2.66 bits per heavy atom. The summed E-state index contributed by atoms with van der Waals surface area (Å²) in [6.07, 6.45) is 1.33. The summed E-state index contributed by atoms with van der Waals surface area (Å²) in [5, 5.41) is 21.5. The molecule has 12 heteroatoms. The minimum absolute atomic E-state index is 0.0477. The van der Waals surface area contributed by atoms with Gasteiger partial charge in [0.1, 0.15) is 17.5 Å². The van der Waals surface area contributed by atoms with Gasteiger partial charge < -0.3 is 4.52 Å². The van der Waals surface area contributed by atoms with Crippen molar-refractivity contribution in [1.29, 1.82) is 5.26 Å². The largest absolute Gasteiger partial charge is 0.333 e. The molecule has 0 bridgehead atoms. The van der Waals surface area contributed by atoms with Gasteiger partial charge in [0.05, 0.1) is 17.5 Å². The molecular formula is C20H9F3N8O. The van der Waals surface area contributed by atoms with Gasteiger partial charge in [-0.2, -0.15) is 14.6 Å². The van der Waals surface area contributed by atoms with Crippen LogP contribution in [0.25, 0.3) is 40.3 Å². The summed E-state index contributed by atoms with van der Waals surface area (Å²) >= 11 is 0. The Bertz CT molecular complexity index is 1470. The molecule has 32 heavy (non-hydrogen) atoms. The van der Waals surface area contributed by atoms with Gasteiger partial charge in [0.15, 0.2) is 12.0 Å². The third-order valence-electron chi connectivity index (χ3n) is 5.14. The van der Waals surface area contributed by atoms with Crippen LogP contribution in [0.1, 0.15) is 0 Å². The van der Waals surface area contributed by atoms with Crippen LogP contribution in [0.3, 0.4) is 0 Å². The Labute approximate surface area is 177 Å². The third kappa shape index (κ3) is 2.38. The summed E-state index contributed by atoms with van der Waals surface area (Å²) in [5.74, 6) is -1.11. The molecule has 2 aliphatic heterocycles. The summed E-state index contributed by atoms with van der Waals surface area (Å²) in [5.41, 5.74) is 1.01. The molecule has 0 saturated heterocycles. The molecular weight excluding hydrogens is 425 g/mol. The van der Waals surface area contributed by atoms with Gasteiger partial charge in [0.25, 0.3) is 12.3 Å². The average Bonchev–Trinajstić information content (AvgIpc) is 3.50. The first-order valence-corrected chi connectivity index (χ1v) is 9.24. The van der Waals surface area contributed by atoms with E-state index in [4.69, 9.17) is 4.52 Å². The van der Waals surface area contributed by atoms with Crippen LogP contribution in [0, 0.1) is 23.1 Å². The lowest BCUT2D eigenvalue weighted by atomic mass is 10.1. The number of rotatable bonds is 2. The van der Waals surface area contributed by atoms with E-state index >= 15 is 4.39 Å². The normalized spacial score (nSPS) is 16.3. The highest BCUT2D eigenvalue weighted by atomic mass is 19.1. The highest BCUT2D eigenvalue weighted by Gasteiger charge is 2.42. The van der Waals surface area contributed by atoms with Crippen molar-refractivity contribution in [3.05, 3.63) is 60.3 Å². The molecule has 0 spiro atoms. The van der Waals surface area contributed by atoms with Crippen LogP contribution >= 0.6 is 0 Å². The second-order valence-corrected chi connectivity index (χ2v) is 6.92. The Kier molecular flexibility index (Phi) is 3.64. The summed E-state index contributed by atoms with van der Waals surface area (Å²) < 4.78 is 49.0. The Morgan fingerprint density at radius 1 is 1.03 bits per heavy atom. The average molecular weight is 434 g/mol. The summed E-state index contributed by atoms with van der Waals surface area (Å²) in [7, 11) is 0. The number of hydrogen-bond donors (Lipinski definition) is 0. The number of fused-ring (bicyclic) bond motifs is 6. The van der Waals surface area contributed by atoms with Crippen molar-refractivity contribution >= 4 is 11.5 Å². The lowest BCUT2D eigenvalue weighted by Crippen LogP contribution is -2.36. The Hall–Kier alpha value is -4.66. The molecule has 6 rings (SSSR count). The van der Waals surface area contributed by atoms with Gasteiger partial charge in [-0.25, -0.2) is 13.7 Å². The van der Waals surface area contributed by atoms with Crippen molar-refractivity contribution in [1.82, 2.24) is 29.8 Å². The van der Waals surface area contributed by atoms with E-state index in [1.807, 2.05) is 0 Å². The topological polar surface area (TPSA) is 99.9 Å². The number of anilines is 1. The number of benzene rings is 2. The molecule has 0 amide bonds. The zero-order valence-corrected chi connectivity index (χ0v) is 15.8. The van der Waals surface area contributed by atoms with Crippen LogP contribution in [0.15, 0.2) is 53.2 Å². The monoisotopic (exact) mass is 434 g/mol. The van der Waals surface area contributed by atoms with E-state index in [0.29, 0.717) is 23.1 Å². The van der Waals surface area contributed by atoms with Crippen molar-refractivity contribution in [2.75, 3.05) is 4.90 Å². The van der Waals surface area contributed by atoms with E-state index in [-0.39, 0.29) is 28.9 Å². The lowest BCUT2D eigenvalue weighted by Gasteiger charge is -2.31. The van der Waals surface area contributed by atoms with Gasteiger partial charge in [-0.1, -0.05) is 17.3 Å². The van der Waals surface area contributed by atoms with E-state index in [2.05, 4.69) is 20.3 Å². The molecule has 4 aromatic rings. The van der Waals surface area contributed by atoms with Crippen molar-refractivity contribution in [2.45, 2.75) is 6.42 Å². The first-order chi connectivity index (χ1) is 15.6. The first-order valence-electron chi connectivity index (χ1n) is 9.24. The van der Waals surface area contributed by atoms with Crippen molar-refractivity contribution in [3.63, 3.8) is 0 Å². The Balaban J connectivity index is 1.53. The van der Waals surface area contributed by atoms with Gasteiger partial charge >= 0.3 is 0 Å². The molecule has 0 fully saturated rings. The van der Waals surface area contributed by atoms with Gasteiger partial charge in [-0.3, -0.25) is 9.47 Å². The first kappa shape index (κ1) is 18.1. The minimum Gasteiger partial charge on any atom is -0.333 e. The molecule has 0 aliphatic carbocycles. The fourth-order valence-corrected chi connectivity index (χ4v) is 3.74. The van der Waals surface area contributed by atoms with Crippen LogP contribution in [0.2, 0.25) is 0 Å². The zero-order chi connectivity index (χ0) is 22.0. The third-order valence-corrected chi connectivity index (χ3v) is 5.14. The minimum atomic E-state index is -1.77. The lowest BCUT2D eigenvalue weighted by molar-refractivity contribution is 0.209. The number of alkyl halides is 1. The van der Waals surface area contributed by atoms with Crippen LogP contribution in [-0.2, 0) is 0 Å². The quantitative estimate of drug-likeness (QED) is 0.349. The number of aromatic nitrogens is 5. The van der Waals surface area contributed by atoms with Gasteiger partial charge in [-0.15, -0.1) is 10.2 Å². The number of nitriles is 1. The summed E-state index contributed by atoms with van der Waals surface area (Å²) in [4.78, 5) is 6.33. The smallest absolute Gasteiger partial charge is 0.267 e. The number of para-hydroxylation sites is 1. The molecule has 156 valence electrons. The van der Waals surface area contributed by atoms with Crippen LogP contribution in [0.4, 0.5) is 18.9 Å². The fourth-order valence-electron chi connectivity index (χ4n) is 3.74. The van der Waals surface area contributed by atoms with Gasteiger partial charge in [0, 0.05) is 11.6 Å². The molecule has 1 unspecified atom stereocenters. The van der Waals surface area contributed by atoms with Crippen LogP contribution in [-0.4, -0.2) is 36.2 Å². The van der Waals surface area contributed by atoms with Crippen LogP contribution in [0.5, 0.6) is 0 Å². The molecule has 2 aromatic carbocycles. The van der Waals surface area contributed by atoms with Gasteiger partial charge in [-0.05, 0) is 24.3 Å².